The molecule has 0 spiro atoms. The van der Waals surface area contributed by atoms with Crippen molar-refractivity contribution in [2.45, 2.75) is 49.9 Å². The number of phenols is 1. The minimum Gasteiger partial charge on any atom is -0.508 e. The van der Waals surface area contributed by atoms with Crippen molar-refractivity contribution in [3.8, 4) is 5.75 Å². The van der Waals surface area contributed by atoms with Crippen LogP contribution in [0.5, 0.6) is 5.75 Å². The maximum Gasteiger partial charge on any atom is 0.326 e. The van der Waals surface area contributed by atoms with E-state index < -0.39 is 72.6 Å². The third-order valence-corrected chi connectivity index (χ3v) is 5.65. The number of benzene rings is 2. The van der Waals surface area contributed by atoms with E-state index in [1.165, 1.54) is 24.3 Å². The van der Waals surface area contributed by atoms with Crippen molar-refractivity contribution in [2.24, 2.45) is 5.73 Å². The van der Waals surface area contributed by atoms with Crippen molar-refractivity contribution in [1.82, 2.24) is 16.0 Å². The molecule has 2 aromatic carbocycles. The molecule has 0 aliphatic heterocycles. The summed E-state index contributed by atoms with van der Waals surface area (Å²) < 4.78 is 0. The van der Waals surface area contributed by atoms with Gasteiger partial charge in [-0.25, -0.2) is 4.79 Å². The van der Waals surface area contributed by atoms with Gasteiger partial charge < -0.3 is 42.1 Å². The second-order valence-corrected chi connectivity index (χ2v) is 8.88. The Kier molecular flexibility index (Phi) is 11.6. The van der Waals surface area contributed by atoms with Crippen molar-refractivity contribution in [3.63, 3.8) is 0 Å². The van der Waals surface area contributed by atoms with Gasteiger partial charge in [0, 0.05) is 12.8 Å². The van der Waals surface area contributed by atoms with Crippen LogP contribution < -0.4 is 21.7 Å². The number of nitrogens with one attached hydrogen (secondary N) is 3. The summed E-state index contributed by atoms with van der Waals surface area (Å²) in [4.78, 5) is 72.7. The molecular weight excluding hydrogens is 528 g/mol. The average Bonchev–Trinajstić information content (AvgIpc) is 2.88. The van der Waals surface area contributed by atoms with Crippen LogP contribution in [-0.2, 0) is 41.6 Å². The number of amides is 3. The minimum absolute atomic E-state index is 0.0510. The number of hydrogen-bond acceptors (Lipinski definition) is 8. The van der Waals surface area contributed by atoms with Crippen LogP contribution in [0.3, 0.4) is 0 Å². The number of carboxylic acid groups (broad SMARTS) is 3. The van der Waals surface area contributed by atoms with E-state index in [1.54, 1.807) is 30.3 Å². The lowest BCUT2D eigenvalue weighted by molar-refractivity contribution is -0.143. The van der Waals surface area contributed by atoms with Crippen molar-refractivity contribution < 1.29 is 49.2 Å². The fourth-order valence-corrected chi connectivity index (χ4v) is 3.61. The summed E-state index contributed by atoms with van der Waals surface area (Å²) in [6, 6.07) is 7.78. The van der Waals surface area contributed by atoms with Gasteiger partial charge in [-0.05, 0) is 23.3 Å². The zero-order valence-electron chi connectivity index (χ0n) is 21.1. The molecule has 2 aromatic rings. The van der Waals surface area contributed by atoms with E-state index in [0.717, 1.165) is 0 Å². The van der Waals surface area contributed by atoms with Crippen molar-refractivity contribution in [1.29, 1.82) is 0 Å². The average molecular weight is 559 g/mol. The van der Waals surface area contributed by atoms with E-state index in [2.05, 4.69) is 16.0 Å². The molecule has 0 aliphatic rings. The molecule has 4 unspecified atom stereocenters. The summed E-state index contributed by atoms with van der Waals surface area (Å²) in [7, 11) is 0. The quantitative estimate of drug-likeness (QED) is 0.132. The predicted molar refractivity (Wildman–Crippen MR) is 138 cm³/mol. The summed E-state index contributed by atoms with van der Waals surface area (Å²) in [6.45, 7) is 0. The first-order valence-corrected chi connectivity index (χ1v) is 12.0. The van der Waals surface area contributed by atoms with Crippen LogP contribution in [-0.4, -0.2) is 80.2 Å². The first kappa shape index (κ1) is 31.2. The second-order valence-electron chi connectivity index (χ2n) is 8.88. The molecule has 0 aliphatic carbocycles. The third kappa shape index (κ3) is 10.4. The molecule has 0 saturated heterocycles. The lowest BCUT2D eigenvalue weighted by atomic mass is 10.0. The molecule has 0 bridgehead atoms. The number of carbonyl (C=O) groups excluding carboxylic acids is 3. The molecule has 0 radical (unpaired) electrons. The molecule has 0 fully saturated rings. The van der Waals surface area contributed by atoms with Crippen molar-refractivity contribution >= 4 is 35.6 Å². The van der Waals surface area contributed by atoms with E-state index >= 15 is 0 Å². The lowest BCUT2D eigenvalue weighted by Gasteiger charge is -2.24. The lowest BCUT2D eigenvalue weighted by Crippen LogP contribution is -2.58. The van der Waals surface area contributed by atoms with Gasteiger partial charge in [0.2, 0.25) is 17.7 Å². The highest BCUT2D eigenvalue weighted by atomic mass is 16.4. The maximum absolute atomic E-state index is 13.2. The van der Waals surface area contributed by atoms with E-state index in [4.69, 9.17) is 10.8 Å². The third-order valence-electron chi connectivity index (χ3n) is 5.65. The Morgan fingerprint density at radius 1 is 0.625 bits per heavy atom. The molecule has 0 aromatic heterocycles. The number of carbonyl (C=O) groups is 6. The van der Waals surface area contributed by atoms with Gasteiger partial charge >= 0.3 is 17.9 Å². The summed E-state index contributed by atoms with van der Waals surface area (Å²) in [5, 5.41) is 44.0. The second kappa shape index (κ2) is 14.8. The fraction of sp³-hybridized carbons (Fsp3) is 0.308. The Morgan fingerprint density at radius 3 is 1.65 bits per heavy atom. The Hall–Kier alpha value is -4.98. The summed E-state index contributed by atoms with van der Waals surface area (Å²) in [6.07, 6.45) is -1.94. The molecule has 0 heterocycles. The maximum atomic E-state index is 13.2. The van der Waals surface area contributed by atoms with Gasteiger partial charge in [-0.1, -0.05) is 42.5 Å². The van der Waals surface area contributed by atoms with E-state index in [0.29, 0.717) is 11.1 Å². The molecule has 2 rings (SSSR count). The molecular formula is C26H30N4O10. The van der Waals surface area contributed by atoms with E-state index in [1.807, 2.05) is 0 Å². The van der Waals surface area contributed by atoms with Crippen molar-refractivity contribution in [2.75, 3.05) is 0 Å². The van der Waals surface area contributed by atoms with Crippen LogP contribution >= 0.6 is 0 Å². The number of hydrogen-bond donors (Lipinski definition) is 8. The topological polar surface area (TPSA) is 245 Å². The number of phenolic OH excluding ortho intramolecular Hbond substituents is 1. The van der Waals surface area contributed by atoms with Gasteiger partial charge in [-0.2, -0.15) is 0 Å². The van der Waals surface area contributed by atoms with Gasteiger partial charge in [0.1, 0.15) is 23.9 Å². The first-order chi connectivity index (χ1) is 18.8. The summed E-state index contributed by atoms with van der Waals surface area (Å²) in [5.41, 5.74) is 6.62. The normalized spacial score (nSPS) is 13.6. The highest BCUT2D eigenvalue weighted by Crippen LogP contribution is 2.12. The number of rotatable bonds is 15. The van der Waals surface area contributed by atoms with Gasteiger partial charge in [0.15, 0.2) is 0 Å². The highest BCUT2D eigenvalue weighted by molar-refractivity contribution is 5.96. The van der Waals surface area contributed by atoms with E-state index in [-0.39, 0.29) is 18.6 Å². The number of carboxylic acids is 3. The summed E-state index contributed by atoms with van der Waals surface area (Å²) in [5.74, 6) is -7.34. The molecule has 40 heavy (non-hydrogen) atoms. The Labute approximate surface area is 228 Å². The molecule has 9 N–H and O–H groups in total. The smallest absolute Gasteiger partial charge is 0.326 e. The molecule has 214 valence electrons. The minimum atomic E-state index is -1.73. The predicted octanol–water partition coefficient (Wildman–Crippen LogP) is -1.01. The number of nitrogens with two attached hydrogens (primary N) is 1. The largest absolute Gasteiger partial charge is 0.508 e. The molecule has 3 amide bonds. The first-order valence-electron chi connectivity index (χ1n) is 12.0. The monoisotopic (exact) mass is 558 g/mol. The SMILES string of the molecule is NC(CC(=O)O)C(=O)NC(Cc1ccccc1)C(=O)NC(CC(=O)O)C(=O)NC(Cc1ccc(O)cc1)C(=O)O. The van der Waals surface area contributed by atoms with Gasteiger partial charge in [-0.3, -0.25) is 24.0 Å². The van der Waals surface area contributed by atoms with E-state index in [9.17, 15) is 44.1 Å². The molecule has 0 saturated carbocycles. The van der Waals surface area contributed by atoms with Crippen LogP contribution in [0.1, 0.15) is 24.0 Å². The molecule has 4 atom stereocenters. The van der Waals surface area contributed by atoms with Crippen LogP contribution in [0.2, 0.25) is 0 Å². The van der Waals surface area contributed by atoms with Gasteiger partial charge in [-0.15, -0.1) is 0 Å². The van der Waals surface area contributed by atoms with Gasteiger partial charge in [0.05, 0.1) is 18.9 Å². The zero-order chi connectivity index (χ0) is 29.8. The van der Waals surface area contributed by atoms with Crippen LogP contribution in [0, 0.1) is 0 Å². The standard InChI is InChI=1S/C26H30N4O10/c27-17(12-21(32)33)23(36)28-18(10-14-4-2-1-3-5-14)24(37)29-19(13-22(34)35)25(38)30-20(26(39)40)11-15-6-8-16(31)9-7-15/h1-9,17-20,31H,10-13,27H2,(H,28,36)(H,29,37)(H,30,38)(H,32,33)(H,34,35)(H,39,40). The van der Waals surface area contributed by atoms with Crippen molar-refractivity contribution in [3.05, 3.63) is 65.7 Å². The van der Waals surface area contributed by atoms with Crippen LogP contribution in [0.25, 0.3) is 0 Å². The zero-order valence-corrected chi connectivity index (χ0v) is 21.1. The Morgan fingerprint density at radius 2 is 1.10 bits per heavy atom. The number of aliphatic carboxylic acids is 3. The Bertz CT molecular complexity index is 1220. The fourth-order valence-electron chi connectivity index (χ4n) is 3.61. The summed E-state index contributed by atoms with van der Waals surface area (Å²) >= 11 is 0. The molecule has 14 nitrogen and oxygen atoms in total. The van der Waals surface area contributed by atoms with Gasteiger partial charge in [0.25, 0.3) is 0 Å². The highest BCUT2D eigenvalue weighted by Gasteiger charge is 2.32. The molecule has 14 heteroatoms. The Balaban J connectivity index is 2.23. The number of aromatic hydroxyl groups is 1. The van der Waals surface area contributed by atoms with Crippen LogP contribution in [0.15, 0.2) is 54.6 Å². The van der Waals surface area contributed by atoms with Crippen LogP contribution in [0.4, 0.5) is 0 Å².